The summed E-state index contributed by atoms with van der Waals surface area (Å²) in [5.41, 5.74) is 2.32. The molecular formula is C14H21N3O. The summed E-state index contributed by atoms with van der Waals surface area (Å²) < 4.78 is 0. The SMILES string of the molecule is CNCc1ccc(N(C)CC(=O)NC2CC2)cc1. The van der Waals surface area contributed by atoms with Gasteiger partial charge < -0.3 is 15.5 Å². The first-order chi connectivity index (χ1) is 8.69. The third kappa shape index (κ3) is 3.74. The zero-order valence-electron chi connectivity index (χ0n) is 11.1. The van der Waals surface area contributed by atoms with Crippen LogP contribution in [0.25, 0.3) is 0 Å². The van der Waals surface area contributed by atoms with Crippen molar-refractivity contribution in [2.45, 2.75) is 25.4 Å². The van der Waals surface area contributed by atoms with Crippen molar-refractivity contribution in [2.24, 2.45) is 0 Å². The summed E-state index contributed by atoms with van der Waals surface area (Å²) >= 11 is 0. The van der Waals surface area contributed by atoms with E-state index in [2.05, 4.69) is 34.9 Å². The number of amides is 1. The van der Waals surface area contributed by atoms with Gasteiger partial charge in [-0.3, -0.25) is 4.79 Å². The number of hydrogen-bond acceptors (Lipinski definition) is 3. The molecule has 98 valence electrons. The van der Waals surface area contributed by atoms with E-state index in [1.165, 1.54) is 5.56 Å². The van der Waals surface area contributed by atoms with E-state index in [0.29, 0.717) is 12.6 Å². The number of benzene rings is 1. The van der Waals surface area contributed by atoms with Gasteiger partial charge in [0.05, 0.1) is 6.54 Å². The Kier molecular flexibility index (Phi) is 4.20. The molecule has 2 N–H and O–H groups in total. The number of hydrogen-bond donors (Lipinski definition) is 2. The molecule has 0 aliphatic heterocycles. The molecule has 0 aromatic heterocycles. The molecule has 0 radical (unpaired) electrons. The van der Waals surface area contributed by atoms with Gasteiger partial charge in [-0.15, -0.1) is 0 Å². The van der Waals surface area contributed by atoms with Gasteiger partial charge in [0, 0.05) is 25.3 Å². The zero-order valence-corrected chi connectivity index (χ0v) is 11.1. The van der Waals surface area contributed by atoms with Crippen LogP contribution in [0.15, 0.2) is 24.3 Å². The molecule has 1 aliphatic rings. The van der Waals surface area contributed by atoms with Crippen LogP contribution in [0.4, 0.5) is 5.69 Å². The van der Waals surface area contributed by atoms with Crippen molar-refractivity contribution < 1.29 is 4.79 Å². The Morgan fingerprint density at radius 2 is 2.00 bits per heavy atom. The monoisotopic (exact) mass is 247 g/mol. The van der Waals surface area contributed by atoms with Crippen LogP contribution in [0.3, 0.4) is 0 Å². The van der Waals surface area contributed by atoms with Crippen LogP contribution in [0, 0.1) is 0 Å². The maximum atomic E-state index is 11.7. The van der Waals surface area contributed by atoms with Gasteiger partial charge in [-0.25, -0.2) is 0 Å². The van der Waals surface area contributed by atoms with Crippen LogP contribution in [0.2, 0.25) is 0 Å². The van der Waals surface area contributed by atoms with Crippen LogP contribution in [-0.4, -0.2) is 32.6 Å². The summed E-state index contributed by atoms with van der Waals surface area (Å²) in [6, 6.07) is 8.71. The van der Waals surface area contributed by atoms with E-state index in [9.17, 15) is 4.79 Å². The quantitative estimate of drug-likeness (QED) is 0.792. The summed E-state index contributed by atoms with van der Waals surface area (Å²) in [5.74, 6) is 0.110. The molecule has 4 heteroatoms. The second-order valence-electron chi connectivity index (χ2n) is 4.89. The van der Waals surface area contributed by atoms with Crippen molar-refractivity contribution in [1.29, 1.82) is 0 Å². The highest BCUT2D eigenvalue weighted by Crippen LogP contribution is 2.19. The van der Waals surface area contributed by atoms with E-state index < -0.39 is 0 Å². The first-order valence-electron chi connectivity index (χ1n) is 6.43. The summed E-state index contributed by atoms with van der Waals surface area (Å²) in [5, 5.41) is 6.11. The standard InChI is InChI=1S/C14H21N3O/c1-15-9-11-3-7-13(8-4-11)17(2)10-14(18)16-12-5-6-12/h3-4,7-8,12,15H,5-6,9-10H2,1-2H3,(H,16,18). The topological polar surface area (TPSA) is 44.4 Å². The molecule has 4 nitrogen and oxygen atoms in total. The Morgan fingerprint density at radius 1 is 1.33 bits per heavy atom. The maximum absolute atomic E-state index is 11.7. The number of anilines is 1. The van der Waals surface area contributed by atoms with Gasteiger partial charge in [0.15, 0.2) is 0 Å². The highest BCUT2D eigenvalue weighted by molar-refractivity contribution is 5.81. The van der Waals surface area contributed by atoms with Gasteiger partial charge in [-0.2, -0.15) is 0 Å². The third-order valence-electron chi connectivity index (χ3n) is 3.08. The van der Waals surface area contributed by atoms with Gasteiger partial charge >= 0.3 is 0 Å². The molecule has 1 fully saturated rings. The van der Waals surface area contributed by atoms with E-state index in [1.807, 2.05) is 19.0 Å². The fraction of sp³-hybridized carbons (Fsp3) is 0.500. The number of carbonyl (C=O) groups is 1. The highest BCUT2D eigenvalue weighted by Gasteiger charge is 2.23. The summed E-state index contributed by atoms with van der Waals surface area (Å²) in [7, 11) is 3.88. The number of likely N-dealkylation sites (N-methyl/N-ethyl adjacent to an activating group) is 1. The minimum atomic E-state index is 0.110. The minimum Gasteiger partial charge on any atom is -0.365 e. The number of rotatable bonds is 6. The van der Waals surface area contributed by atoms with E-state index in [4.69, 9.17) is 0 Å². The van der Waals surface area contributed by atoms with Crippen molar-refractivity contribution in [1.82, 2.24) is 10.6 Å². The molecule has 18 heavy (non-hydrogen) atoms. The average molecular weight is 247 g/mol. The number of nitrogens with one attached hydrogen (secondary N) is 2. The van der Waals surface area contributed by atoms with E-state index in [1.54, 1.807) is 0 Å². The first kappa shape index (κ1) is 12.9. The first-order valence-corrected chi connectivity index (χ1v) is 6.43. The summed E-state index contributed by atoms with van der Waals surface area (Å²) in [6.45, 7) is 1.29. The van der Waals surface area contributed by atoms with Crippen molar-refractivity contribution in [3.8, 4) is 0 Å². The van der Waals surface area contributed by atoms with Gasteiger partial charge in [-0.1, -0.05) is 12.1 Å². The van der Waals surface area contributed by atoms with E-state index in [0.717, 1.165) is 25.1 Å². The molecule has 0 unspecified atom stereocenters. The van der Waals surface area contributed by atoms with E-state index >= 15 is 0 Å². The van der Waals surface area contributed by atoms with Gasteiger partial charge in [0.2, 0.25) is 5.91 Å². The second kappa shape index (κ2) is 5.87. The van der Waals surface area contributed by atoms with Crippen molar-refractivity contribution in [2.75, 3.05) is 25.5 Å². The fourth-order valence-electron chi connectivity index (χ4n) is 1.88. The molecule has 0 heterocycles. The zero-order chi connectivity index (χ0) is 13.0. The Balaban J connectivity index is 1.86. The van der Waals surface area contributed by atoms with Crippen LogP contribution >= 0.6 is 0 Å². The molecular weight excluding hydrogens is 226 g/mol. The van der Waals surface area contributed by atoms with Gasteiger partial charge in [0.25, 0.3) is 0 Å². The maximum Gasteiger partial charge on any atom is 0.239 e. The predicted molar refractivity (Wildman–Crippen MR) is 73.6 cm³/mol. The smallest absolute Gasteiger partial charge is 0.239 e. The molecule has 0 atom stereocenters. The average Bonchev–Trinajstić information content (AvgIpc) is 3.14. The van der Waals surface area contributed by atoms with Gasteiger partial charge in [-0.05, 0) is 37.6 Å². The molecule has 1 amide bonds. The number of carbonyl (C=O) groups excluding carboxylic acids is 1. The Labute approximate surface area is 108 Å². The molecule has 0 saturated heterocycles. The molecule has 0 spiro atoms. The fourth-order valence-corrected chi connectivity index (χ4v) is 1.88. The Hall–Kier alpha value is -1.55. The Morgan fingerprint density at radius 3 is 2.56 bits per heavy atom. The normalized spacial score (nSPS) is 14.3. The largest absolute Gasteiger partial charge is 0.365 e. The lowest BCUT2D eigenvalue weighted by atomic mass is 10.2. The predicted octanol–water partition coefficient (Wildman–Crippen LogP) is 1.12. The Bertz CT molecular complexity index is 398. The molecule has 1 aromatic carbocycles. The molecule has 1 saturated carbocycles. The molecule has 0 bridgehead atoms. The lowest BCUT2D eigenvalue weighted by Gasteiger charge is -2.19. The third-order valence-corrected chi connectivity index (χ3v) is 3.08. The lowest BCUT2D eigenvalue weighted by Crippen LogP contribution is -2.36. The van der Waals surface area contributed by atoms with E-state index in [-0.39, 0.29) is 5.91 Å². The molecule has 2 rings (SSSR count). The van der Waals surface area contributed by atoms with Crippen molar-refractivity contribution >= 4 is 11.6 Å². The van der Waals surface area contributed by atoms with Crippen molar-refractivity contribution in [3.05, 3.63) is 29.8 Å². The van der Waals surface area contributed by atoms with Crippen LogP contribution in [-0.2, 0) is 11.3 Å². The summed E-state index contributed by atoms with van der Waals surface area (Å²) in [6.07, 6.45) is 2.27. The minimum absolute atomic E-state index is 0.110. The molecule has 1 aliphatic carbocycles. The summed E-state index contributed by atoms with van der Waals surface area (Å²) in [4.78, 5) is 13.7. The highest BCUT2D eigenvalue weighted by atomic mass is 16.2. The second-order valence-corrected chi connectivity index (χ2v) is 4.89. The van der Waals surface area contributed by atoms with Crippen LogP contribution in [0.5, 0.6) is 0 Å². The van der Waals surface area contributed by atoms with Crippen LogP contribution < -0.4 is 15.5 Å². The number of nitrogens with zero attached hydrogens (tertiary/aromatic N) is 1. The lowest BCUT2D eigenvalue weighted by molar-refractivity contribution is -0.119. The van der Waals surface area contributed by atoms with Gasteiger partial charge in [0.1, 0.15) is 0 Å². The molecule has 1 aromatic rings. The van der Waals surface area contributed by atoms with Crippen LogP contribution in [0.1, 0.15) is 18.4 Å². The van der Waals surface area contributed by atoms with Crippen molar-refractivity contribution in [3.63, 3.8) is 0 Å².